The highest BCUT2D eigenvalue weighted by Crippen LogP contribution is 2.36. The molecule has 0 aliphatic heterocycles. The number of hydrogen-bond acceptors (Lipinski definition) is 6. The lowest BCUT2D eigenvalue weighted by molar-refractivity contribution is -0.161. The molecule has 8 nitrogen and oxygen atoms in total. The van der Waals surface area contributed by atoms with Crippen LogP contribution in [0.5, 0.6) is 0 Å². The zero-order chi connectivity index (χ0) is 37.1. The van der Waals surface area contributed by atoms with Gasteiger partial charge in [-0.15, -0.1) is 0 Å². The van der Waals surface area contributed by atoms with Gasteiger partial charge in [-0.25, -0.2) is 4.57 Å². The molecule has 0 aromatic rings. The summed E-state index contributed by atoms with van der Waals surface area (Å²) in [5.41, 5.74) is 0. The molecule has 0 unspecified atom stereocenters. The highest BCUT2D eigenvalue weighted by atomic mass is 31.2. The number of esters is 2. The van der Waals surface area contributed by atoms with Gasteiger partial charge >= 0.3 is 19.8 Å². The minimum atomic E-state index is -4.74. The van der Waals surface area contributed by atoms with E-state index in [1.54, 1.807) is 0 Å². The van der Waals surface area contributed by atoms with Gasteiger partial charge in [0.1, 0.15) is 6.61 Å². The Kier molecular flexibility index (Phi) is 34.4. The number of carbonyl (C=O) groups excluding carboxylic acids is 2. The zero-order valence-corrected chi connectivity index (χ0v) is 34.0. The Hall–Kier alpha value is -0.950. The fourth-order valence-electron chi connectivity index (χ4n) is 6.33. The van der Waals surface area contributed by atoms with Crippen molar-refractivity contribution < 1.29 is 37.9 Å². The summed E-state index contributed by atoms with van der Waals surface area (Å²) in [5, 5.41) is 0. The Bertz CT molecular complexity index is 812. The second-order valence-corrected chi connectivity index (χ2v) is 16.9. The van der Waals surface area contributed by atoms with Crippen LogP contribution in [0.25, 0.3) is 0 Å². The van der Waals surface area contributed by atoms with E-state index >= 15 is 0 Å². The topological polar surface area (TPSA) is 119 Å². The first-order valence-corrected chi connectivity index (χ1v) is 22.6. The zero-order valence-electron chi connectivity index (χ0n) is 33.2. The SMILES string of the molecule is CC(C)CCCCCCCCCCCCCCCCCCC(=O)OC[C@H](COP(=O)(O)O)OC(=O)CCCCCCCCCCCCC(C)C. The molecule has 0 aromatic heterocycles. The smallest absolute Gasteiger partial charge is 0.462 e. The summed E-state index contributed by atoms with van der Waals surface area (Å²) in [4.78, 5) is 42.8. The van der Waals surface area contributed by atoms with Crippen LogP contribution in [-0.4, -0.2) is 41.0 Å². The molecule has 0 aliphatic rings. The average molecular weight is 733 g/mol. The van der Waals surface area contributed by atoms with E-state index in [4.69, 9.17) is 19.3 Å². The molecule has 0 saturated heterocycles. The Morgan fingerprint density at radius 3 is 1.08 bits per heavy atom. The largest absolute Gasteiger partial charge is 0.469 e. The lowest BCUT2D eigenvalue weighted by Gasteiger charge is -2.18. The molecule has 0 heterocycles. The number of rotatable bonds is 38. The molecule has 0 aromatic carbocycles. The molecule has 9 heteroatoms. The van der Waals surface area contributed by atoms with Crippen LogP contribution in [0.2, 0.25) is 0 Å². The Morgan fingerprint density at radius 2 is 0.760 bits per heavy atom. The Balaban J connectivity index is 3.84. The predicted molar refractivity (Wildman–Crippen MR) is 207 cm³/mol. The number of phosphoric ester groups is 1. The summed E-state index contributed by atoms with van der Waals surface area (Å²) >= 11 is 0. The third kappa shape index (κ3) is 39.8. The van der Waals surface area contributed by atoms with Gasteiger partial charge in [0, 0.05) is 12.8 Å². The first kappa shape index (κ1) is 49.0. The third-order valence-corrected chi connectivity index (χ3v) is 9.97. The maximum Gasteiger partial charge on any atom is 0.469 e. The number of hydrogen-bond donors (Lipinski definition) is 2. The van der Waals surface area contributed by atoms with Gasteiger partial charge < -0.3 is 19.3 Å². The normalized spacial score (nSPS) is 12.6. The molecule has 0 bridgehead atoms. The number of phosphoric acid groups is 1. The van der Waals surface area contributed by atoms with Crippen molar-refractivity contribution in [3.05, 3.63) is 0 Å². The molecule has 1 atom stereocenters. The van der Waals surface area contributed by atoms with Gasteiger partial charge in [-0.2, -0.15) is 0 Å². The minimum absolute atomic E-state index is 0.217. The van der Waals surface area contributed by atoms with Gasteiger partial charge in [-0.3, -0.25) is 14.1 Å². The maximum atomic E-state index is 12.4. The van der Waals surface area contributed by atoms with Gasteiger partial charge in [0.15, 0.2) is 6.10 Å². The highest BCUT2D eigenvalue weighted by molar-refractivity contribution is 7.46. The van der Waals surface area contributed by atoms with Crippen LogP contribution < -0.4 is 0 Å². The molecule has 0 amide bonds. The average Bonchev–Trinajstić information content (AvgIpc) is 3.05. The second kappa shape index (κ2) is 35.1. The van der Waals surface area contributed by atoms with Gasteiger partial charge in [0.05, 0.1) is 6.61 Å². The maximum absolute atomic E-state index is 12.4. The fraction of sp³-hybridized carbons (Fsp3) is 0.951. The van der Waals surface area contributed by atoms with Crippen molar-refractivity contribution in [2.45, 2.75) is 226 Å². The van der Waals surface area contributed by atoms with Gasteiger partial charge in [-0.1, -0.05) is 195 Å². The molecule has 0 radical (unpaired) electrons. The summed E-state index contributed by atoms with van der Waals surface area (Å²) in [6.45, 7) is 8.37. The first-order chi connectivity index (χ1) is 24.0. The van der Waals surface area contributed by atoms with Crippen LogP contribution in [0.4, 0.5) is 0 Å². The number of ether oxygens (including phenoxy) is 2. The lowest BCUT2D eigenvalue weighted by atomic mass is 10.0. The quantitative estimate of drug-likeness (QED) is 0.0366. The Labute approximate surface area is 308 Å². The van der Waals surface area contributed by atoms with Crippen molar-refractivity contribution in [3.8, 4) is 0 Å². The minimum Gasteiger partial charge on any atom is -0.462 e. The summed E-state index contributed by atoms with van der Waals surface area (Å²) in [6, 6.07) is 0. The lowest BCUT2D eigenvalue weighted by Crippen LogP contribution is -2.29. The van der Waals surface area contributed by atoms with Crippen molar-refractivity contribution >= 4 is 19.8 Å². The van der Waals surface area contributed by atoms with E-state index < -0.39 is 32.5 Å². The molecule has 0 rings (SSSR count). The van der Waals surface area contributed by atoms with E-state index in [1.165, 1.54) is 135 Å². The predicted octanol–water partition coefficient (Wildman–Crippen LogP) is 12.6. The standard InChI is InChI=1S/C41H81O8P/c1-37(2)31-27-23-19-15-11-9-7-5-6-8-10-12-17-21-25-29-33-40(42)47-35-39(36-48-50(44,45)46)49-41(43)34-30-26-22-18-14-13-16-20-24-28-32-38(3)4/h37-39H,5-36H2,1-4H3,(H2,44,45,46)/t39-/m1/s1. The molecule has 0 saturated carbocycles. The third-order valence-electron chi connectivity index (χ3n) is 9.48. The number of carbonyl (C=O) groups is 2. The molecule has 298 valence electrons. The van der Waals surface area contributed by atoms with Crippen molar-refractivity contribution in [2.24, 2.45) is 11.8 Å². The van der Waals surface area contributed by atoms with Gasteiger partial charge in [0.2, 0.25) is 0 Å². The molecular formula is C41H81O8P. The summed E-state index contributed by atoms with van der Waals surface area (Å²) in [5.74, 6) is 0.769. The molecule has 2 N–H and O–H groups in total. The van der Waals surface area contributed by atoms with Crippen LogP contribution in [0, 0.1) is 11.8 Å². The number of unbranched alkanes of at least 4 members (excludes halogenated alkanes) is 24. The molecular weight excluding hydrogens is 651 g/mol. The van der Waals surface area contributed by atoms with E-state index in [9.17, 15) is 14.2 Å². The van der Waals surface area contributed by atoms with Crippen LogP contribution in [0.1, 0.15) is 220 Å². The molecule has 0 aliphatic carbocycles. The van der Waals surface area contributed by atoms with Crippen LogP contribution in [0.15, 0.2) is 0 Å². The van der Waals surface area contributed by atoms with E-state index in [2.05, 4.69) is 32.2 Å². The monoisotopic (exact) mass is 733 g/mol. The van der Waals surface area contributed by atoms with Gasteiger partial charge in [-0.05, 0) is 24.7 Å². The second-order valence-electron chi connectivity index (χ2n) is 15.6. The van der Waals surface area contributed by atoms with E-state index in [1.807, 2.05) is 0 Å². The van der Waals surface area contributed by atoms with E-state index in [0.717, 1.165) is 50.4 Å². The van der Waals surface area contributed by atoms with Crippen LogP contribution in [0.3, 0.4) is 0 Å². The van der Waals surface area contributed by atoms with E-state index in [-0.39, 0.29) is 19.4 Å². The fourth-order valence-corrected chi connectivity index (χ4v) is 6.69. The summed E-state index contributed by atoms with van der Waals surface area (Å²) in [6.07, 6.45) is 34.1. The van der Waals surface area contributed by atoms with Crippen molar-refractivity contribution in [2.75, 3.05) is 13.2 Å². The summed E-state index contributed by atoms with van der Waals surface area (Å²) < 4.78 is 26.4. The molecule has 0 fully saturated rings. The van der Waals surface area contributed by atoms with Crippen LogP contribution in [-0.2, 0) is 28.2 Å². The van der Waals surface area contributed by atoms with Crippen molar-refractivity contribution in [1.82, 2.24) is 0 Å². The van der Waals surface area contributed by atoms with Crippen molar-refractivity contribution in [3.63, 3.8) is 0 Å². The van der Waals surface area contributed by atoms with E-state index in [0.29, 0.717) is 6.42 Å². The highest BCUT2D eigenvalue weighted by Gasteiger charge is 2.23. The van der Waals surface area contributed by atoms with Crippen molar-refractivity contribution in [1.29, 1.82) is 0 Å². The summed E-state index contributed by atoms with van der Waals surface area (Å²) in [7, 11) is -4.74. The molecule has 50 heavy (non-hydrogen) atoms. The van der Waals surface area contributed by atoms with Crippen LogP contribution >= 0.6 is 7.82 Å². The Morgan fingerprint density at radius 1 is 0.460 bits per heavy atom. The first-order valence-electron chi connectivity index (χ1n) is 21.0. The molecule has 0 spiro atoms. The van der Waals surface area contributed by atoms with Gasteiger partial charge in [0.25, 0.3) is 0 Å².